The van der Waals surface area contributed by atoms with Gasteiger partial charge in [0.1, 0.15) is 0 Å². The highest BCUT2D eigenvalue weighted by Gasteiger charge is 2.29. The molecule has 0 aliphatic carbocycles. The average Bonchev–Trinajstić information content (AvgIpc) is 3.05. The second-order valence-corrected chi connectivity index (χ2v) is 7.03. The van der Waals surface area contributed by atoms with Crippen molar-refractivity contribution in [2.75, 3.05) is 11.9 Å². The maximum absolute atomic E-state index is 12.6. The molecule has 1 heterocycles. The fraction of sp³-hybridized carbons (Fsp3) is 0.300. The molecule has 28 heavy (non-hydrogen) atoms. The molecule has 0 radical (unpaired) electrons. The predicted molar refractivity (Wildman–Crippen MR) is 106 cm³/mol. The van der Waals surface area contributed by atoms with Gasteiger partial charge in [0, 0.05) is 31.7 Å². The Morgan fingerprint density at radius 1 is 1.04 bits per heavy atom. The molecule has 0 spiro atoms. The van der Waals surface area contributed by atoms with Crippen LogP contribution in [0.1, 0.15) is 29.5 Å². The van der Waals surface area contributed by atoms with E-state index in [1.807, 2.05) is 29.2 Å². The normalized spacial score (nSPS) is 14.2. The third kappa shape index (κ3) is 5.45. The van der Waals surface area contributed by atoms with Crippen LogP contribution in [-0.4, -0.2) is 22.5 Å². The molecule has 0 atom stereocenters. The van der Waals surface area contributed by atoms with Crippen molar-refractivity contribution in [2.24, 2.45) is 0 Å². The molecule has 1 fully saturated rings. The monoisotopic (exact) mass is 407 g/mol. The van der Waals surface area contributed by atoms with Crippen molar-refractivity contribution in [2.45, 2.75) is 32.1 Å². The van der Waals surface area contributed by atoms with E-state index in [1.54, 1.807) is 0 Å². The number of likely N-dealkylation sites (tertiary alicyclic amines) is 1. The Hall–Kier alpha value is -2.61. The van der Waals surface area contributed by atoms with Crippen LogP contribution in [0.4, 0.5) is 18.9 Å². The summed E-state index contributed by atoms with van der Waals surface area (Å²) in [6.45, 7) is 1.92. The van der Waals surface area contributed by atoms with E-state index in [-0.39, 0.29) is 5.91 Å². The minimum Gasteiger partial charge on any atom is -0.358 e. The van der Waals surface area contributed by atoms with Crippen LogP contribution in [0.5, 0.6) is 0 Å². The number of hydrogen-bond acceptors (Lipinski definition) is 2. The number of thiocarbonyl (C=S) groups is 1. The molecule has 1 amide bonds. The first-order valence-corrected chi connectivity index (χ1v) is 9.30. The van der Waals surface area contributed by atoms with Gasteiger partial charge in [-0.2, -0.15) is 13.2 Å². The third-order valence-corrected chi connectivity index (χ3v) is 4.74. The fourth-order valence-electron chi connectivity index (χ4n) is 2.95. The standard InChI is InChI=1S/C20H20F3N3OS/c21-20(22,23)16-7-9-17(10-8-16)25-19(28)24-12-14-3-5-15(6-4-14)13-26-11-1-2-18(26)27/h3-10H,1-2,11-13H2,(H2,24,25,28). The van der Waals surface area contributed by atoms with E-state index in [2.05, 4.69) is 10.6 Å². The van der Waals surface area contributed by atoms with Crippen molar-refractivity contribution in [1.29, 1.82) is 0 Å². The van der Waals surface area contributed by atoms with Gasteiger partial charge in [0.2, 0.25) is 5.91 Å². The van der Waals surface area contributed by atoms with Crippen molar-refractivity contribution in [3.8, 4) is 0 Å². The molecule has 0 aromatic heterocycles. The molecule has 1 aliphatic heterocycles. The zero-order chi connectivity index (χ0) is 20.1. The summed E-state index contributed by atoms with van der Waals surface area (Å²) in [6, 6.07) is 12.6. The molecule has 2 aromatic carbocycles. The highest BCUT2D eigenvalue weighted by molar-refractivity contribution is 7.80. The summed E-state index contributed by atoms with van der Waals surface area (Å²) < 4.78 is 37.7. The van der Waals surface area contributed by atoms with Crippen LogP contribution in [0.15, 0.2) is 48.5 Å². The smallest absolute Gasteiger partial charge is 0.358 e. The van der Waals surface area contributed by atoms with Gasteiger partial charge in [0.15, 0.2) is 5.11 Å². The summed E-state index contributed by atoms with van der Waals surface area (Å²) in [5, 5.41) is 6.22. The predicted octanol–water partition coefficient (Wildman–Crippen LogP) is 4.31. The lowest BCUT2D eigenvalue weighted by Gasteiger charge is -2.16. The number of carbonyl (C=O) groups is 1. The maximum atomic E-state index is 12.6. The topological polar surface area (TPSA) is 44.4 Å². The zero-order valence-electron chi connectivity index (χ0n) is 15.1. The number of carbonyl (C=O) groups excluding carboxylic acids is 1. The van der Waals surface area contributed by atoms with Crippen LogP contribution in [-0.2, 0) is 24.1 Å². The van der Waals surface area contributed by atoms with Gasteiger partial charge in [-0.3, -0.25) is 4.79 Å². The molecular weight excluding hydrogens is 387 g/mol. The summed E-state index contributed by atoms with van der Waals surface area (Å²) >= 11 is 5.19. The average molecular weight is 407 g/mol. The van der Waals surface area contributed by atoms with Crippen molar-refractivity contribution >= 4 is 28.9 Å². The van der Waals surface area contributed by atoms with E-state index in [9.17, 15) is 18.0 Å². The molecule has 0 unspecified atom stereocenters. The molecule has 2 aromatic rings. The molecule has 3 rings (SSSR count). The van der Waals surface area contributed by atoms with Crippen LogP contribution < -0.4 is 10.6 Å². The summed E-state index contributed by atoms with van der Waals surface area (Å²) in [5.74, 6) is 0.199. The molecule has 148 valence electrons. The van der Waals surface area contributed by atoms with Gasteiger partial charge >= 0.3 is 6.18 Å². The molecule has 0 bridgehead atoms. The van der Waals surface area contributed by atoms with Gasteiger partial charge in [-0.25, -0.2) is 0 Å². The van der Waals surface area contributed by atoms with Crippen LogP contribution in [0, 0.1) is 0 Å². The minimum atomic E-state index is -4.36. The molecular formula is C20H20F3N3OS. The summed E-state index contributed by atoms with van der Waals surface area (Å²) in [5.41, 5.74) is 1.86. The fourth-order valence-corrected chi connectivity index (χ4v) is 3.14. The van der Waals surface area contributed by atoms with Crippen molar-refractivity contribution < 1.29 is 18.0 Å². The van der Waals surface area contributed by atoms with Gasteiger partial charge in [0.05, 0.1) is 5.56 Å². The van der Waals surface area contributed by atoms with E-state index >= 15 is 0 Å². The van der Waals surface area contributed by atoms with Crippen LogP contribution >= 0.6 is 12.2 Å². The largest absolute Gasteiger partial charge is 0.416 e. The van der Waals surface area contributed by atoms with Crippen molar-refractivity contribution in [3.05, 3.63) is 65.2 Å². The van der Waals surface area contributed by atoms with Crippen molar-refractivity contribution in [3.63, 3.8) is 0 Å². The SMILES string of the molecule is O=C1CCCN1Cc1ccc(CNC(=S)Nc2ccc(C(F)(F)F)cc2)cc1. The van der Waals surface area contributed by atoms with Crippen LogP contribution in [0.3, 0.4) is 0 Å². The Kier molecular flexibility index (Phi) is 6.18. The molecule has 4 nitrogen and oxygen atoms in total. The lowest BCUT2D eigenvalue weighted by molar-refractivity contribution is -0.137. The molecule has 8 heteroatoms. The quantitative estimate of drug-likeness (QED) is 0.725. The zero-order valence-corrected chi connectivity index (χ0v) is 15.9. The third-order valence-electron chi connectivity index (χ3n) is 4.49. The Balaban J connectivity index is 1.47. The first kappa shape index (κ1) is 20.1. The van der Waals surface area contributed by atoms with Crippen molar-refractivity contribution in [1.82, 2.24) is 10.2 Å². The number of alkyl halides is 3. The van der Waals surface area contributed by atoms with Crippen LogP contribution in [0.25, 0.3) is 0 Å². The Labute approximate surface area is 166 Å². The Morgan fingerprint density at radius 2 is 1.68 bits per heavy atom. The van der Waals surface area contributed by atoms with Gasteiger partial charge in [-0.1, -0.05) is 24.3 Å². The van der Waals surface area contributed by atoms with E-state index in [4.69, 9.17) is 12.2 Å². The number of amides is 1. The summed E-state index contributed by atoms with van der Waals surface area (Å²) in [7, 11) is 0. The number of halogens is 3. The highest BCUT2D eigenvalue weighted by atomic mass is 32.1. The van der Waals surface area contributed by atoms with E-state index < -0.39 is 11.7 Å². The van der Waals surface area contributed by atoms with Crippen LogP contribution in [0.2, 0.25) is 0 Å². The van der Waals surface area contributed by atoms with Gasteiger partial charge < -0.3 is 15.5 Å². The molecule has 1 saturated heterocycles. The number of nitrogens with one attached hydrogen (secondary N) is 2. The summed E-state index contributed by atoms with van der Waals surface area (Å²) in [6.07, 6.45) is -2.80. The number of nitrogens with zero attached hydrogens (tertiary/aromatic N) is 1. The lowest BCUT2D eigenvalue weighted by atomic mass is 10.1. The second-order valence-electron chi connectivity index (χ2n) is 6.62. The summed E-state index contributed by atoms with van der Waals surface area (Å²) in [4.78, 5) is 13.5. The first-order valence-electron chi connectivity index (χ1n) is 8.89. The van der Waals surface area contributed by atoms with Gasteiger partial charge in [0.25, 0.3) is 0 Å². The highest BCUT2D eigenvalue weighted by Crippen LogP contribution is 2.29. The molecule has 1 aliphatic rings. The molecule has 2 N–H and O–H groups in total. The Morgan fingerprint density at radius 3 is 2.25 bits per heavy atom. The number of benzene rings is 2. The van der Waals surface area contributed by atoms with E-state index in [1.165, 1.54) is 12.1 Å². The van der Waals surface area contributed by atoms with Gasteiger partial charge in [-0.15, -0.1) is 0 Å². The number of rotatable bonds is 5. The first-order chi connectivity index (χ1) is 13.3. The van der Waals surface area contributed by atoms with Gasteiger partial charge in [-0.05, 0) is 54.0 Å². The minimum absolute atomic E-state index is 0.199. The number of hydrogen-bond donors (Lipinski definition) is 2. The number of anilines is 1. The molecule has 0 saturated carbocycles. The lowest BCUT2D eigenvalue weighted by Crippen LogP contribution is -2.28. The Bertz CT molecular complexity index is 835. The second kappa shape index (κ2) is 8.60. The van der Waals surface area contributed by atoms with E-state index in [0.717, 1.165) is 36.2 Å². The maximum Gasteiger partial charge on any atom is 0.416 e. The van der Waals surface area contributed by atoms with E-state index in [0.29, 0.717) is 30.3 Å².